The van der Waals surface area contributed by atoms with E-state index in [0.717, 1.165) is 6.42 Å². The van der Waals surface area contributed by atoms with Gasteiger partial charge in [0, 0.05) is 12.8 Å². The van der Waals surface area contributed by atoms with Gasteiger partial charge in [-0.15, -0.1) is 0 Å². The van der Waals surface area contributed by atoms with Gasteiger partial charge >= 0.3 is 5.97 Å². The summed E-state index contributed by atoms with van der Waals surface area (Å²) in [5.74, 6) is -0.973. The summed E-state index contributed by atoms with van der Waals surface area (Å²) in [6, 6.07) is 0. The first-order valence-corrected chi connectivity index (χ1v) is 5.76. The fraction of sp³-hybridized carbons (Fsp3) is 0.600. The molecule has 4 heteroatoms. The molecular weight excluding hydrogens is 295 g/mol. The molecule has 14 heavy (non-hydrogen) atoms. The van der Waals surface area contributed by atoms with Gasteiger partial charge < -0.3 is 4.74 Å². The average Bonchev–Trinajstić information content (AvgIpc) is 2.46. The molecule has 1 rings (SSSR count). The fourth-order valence-corrected chi connectivity index (χ4v) is 1.77. The van der Waals surface area contributed by atoms with Crippen LogP contribution in [0.1, 0.15) is 26.7 Å². The van der Waals surface area contributed by atoms with Gasteiger partial charge in [0.05, 0.1) is 0 Å². The lowest BCUT2D eigenvalue weighted by Crippen LogP contribution is -2.15. The molecule has 0 spiro atoms. The number of rotatable bonds is 3. The normalized spacial score (nSPS) is 27.6. The van der Waals surface area contributed by atoms with Crippen molar-refractivity contribution in [1.82, 2.24) is 0 Å². The van der Waals surface area contributed by atoms with Gasteiger partial charge in [-0.1, -0.05) is 28.2 Å². The van der Waals surface area contributed by atoms with Gasteiger partial charge in [-0.2, -0.15) is 0 Å². The molecule has 0 radical (unpaired) electrons. The van der Waals surface area contributed by atoms with Crippen LogP contribution in [0.25, 0.3) is 0 Å². The van der Waals surface area contributed by atoms with E-state index in [-0.39, 0.29) is 17.9 Å². The Morgan fingerprint density at radius 2 is 2.29 bits per heavy atom. The van der Waals surface area contributed by atoms with Crippen LogP contribution in [-0.2, 0) is 14.3 Å². The molecule has 0 amide bonds. The lowest BCUT2D eigenvalue weighted by atomic mass is 9.98. The molecule has 1 fully saturated rings. The number of cyclic esters (lactones) is 1. The molecule has 1 aliphatic rings. The third-order valence-electron chi connectivity index (χ3n) is 2.29. The minimum Gasteiger partial charge on any atom is -0.461 e. The van der Waals surface area contributed by atoms with Crippen LogP contribution < -0.4 is 0 Å². The van der Waals surface area contributed by atoms with E-state index >= 15 is 0 Å². The summed E-state index contributed by atoms with van der Waals surface area (Å²) in [5.41, 5.74) is 1.17. The van der Waals surface area contributed by atoms with Crippen LogP contribution in [0.2, 0.25) is 0 Å². The third kappa shape index (κ3) is 2.80. The zero-order valence-electron chi connectivity index (χ0n) is 8.25. The Kier molecular flexibility index (Phi) is 4.10. The van der Waals surface area contributed by atoms with E-state index in [1.54, 1.807) is 0 Å². The smallest absolute Gasteiger partial charge is 0.316 e. The van der Waals surface area contributed by atoms with E-state index in [1.807, 2.05) is 11.0 Å². The minimum absolute atomic E-state index is 0.0893. The topological polar surface area (TPSA) is 43.4 Å². The van der Waals surface area contributed by atoms with Gasteiger partial charge in [-0.05, 0) is 17.9 Å². The molecule has 0 N–H and O–H groups in total. The van der Waals surface area contributed by atoms with E-state index in [0.29, 0.717) is 6.42 Å². The highest BCUT2D eigenvalue weighted by molar-refractivity contribution is 14.1. The summed E-state index contributed by atoms with van der Waals surface area (Å²) in [5, 5.41) is 0. The molecule has 3 nitrogen and oxygen atoms in total. The number of Topliss-reactive ketones (excluding diaryl/α,β-unsaturated/α-hetero) is 1. The van der Waals surface area contributed by atoms with Crippen LogP contribution >= 0.6 is 22.6 Å². The van der Waals surface area contributed by atoms with E-state index in [2.05, 4.69) is 22.6 Å². The van der Waals surface area contributed by atoms with E-state index < -0.39 is 5.92 Å². The minimum atomic E-state index is -0.526. The lowest BCUT2D eigenvalue weighted by Gasteiger charge is -2.07. The molecule has 1 saturated heterocycles. The Morgan fingerprint density at radius 1 is 1.64 bits per heavy atom. The molecule has 0 bridgehead atoms. The maximum atomic E-state index is 11.2. The second kappa shape index (κ2) is 4.91. The average molecular weight is 308 g/mol. The largest absolute Gasteiger partial charge is 0.461 e. The van der Waals surface area contributed by atoms with Crippen molar-refractivity contribution in [3.63, 3.8) is 0 Å². The van der Waals surface area contributed by atoms with Gasteiger partial charge in [0.2, 0.25) is 0 Å². The number of carbonyl (C=O) groups is 2. The first kappa shape index (κ1) is 11.7. The molecule has 0 aromatic carbocycles. The zero-order chi connectivity index (χ0) is 10.7. The van der Waals surface area contributed by atoms with Gasteiger partial charge in [-0.25, -0.2) is 0 Å². The van der Waals surface area contributed by atoms with Crippen LogP contribution in [-0.4, -0.2) is 17.9 Å². The van der Waals surface area contributed by atoms with Crippen molar-refractivity contribution < 1.29 is 14.3 Å². The van der Waals surface area contributed by atoms with E-state index in [1.165, 1.54) is 12.5 Å². The third-order valence-corrected chi connectivity index (χ3v) is 3.36. The highest BCUT2D eigenvalue weighted by Crippen LogP contribution is 2.26. The molecule has 1 aliphatic heterocycles. The first-order chi connectivity index (χ1) is 6.54. The zero-order valence-corrected chi connectivity index (χ0v) is 10.4. The maximum Gasteiger partial charge on any atom is 0.316 e. The number of ketones is 1. The molecule has 78 valence electrons. The summed E-state index contributed by atoms with van der Waals surface area (Å²) >= 11 is 2.15. The Hall–Kier alpha value is -0.390. The molecule has 0 aromatic heterocycles. The highest BCUT2D eigenvalue weighted by Gasteiger charge is 2.37. The predicted molar refractivity (Wildman–Crippen MR) is 61.1 cm³/mol. The van der Waals surface area contributed by atoms with Crippen molar-refractivity contribution in [1.29, 1.82) is 0 Å². The summed E-state index contributed by atoms with van der Waals surface area (Å²) in [6.07, 6.45) is 1.16. The van der Waals surface area contributed by atoms with E-state index in [9.17, 15) is 9.59 Å². The highest BCUT2D eigenvalue weighted by atomic mass is 127. The Bertz CT molecular complexity index is 283. The Morgan fingerprint density at radius 3 is 2.71 bits per heavy atom. The number of hydrogen-bond acceptors (Lipinski definition) is 3. The summed E-state index contributed by atoms with van der Waals surface area (Å²) in [6.45, 7) is 3.43. The molecule has 0 saturated carbocycles. The van der Waals surface area contributed by atoms with Crippen LogP contribution in [0, 0.1) is 5.92 Å². The summed E-state index contributed by atoms with van der Waals surface area (Å²) in [7, 11) is 0. The predicted octanol–water partition coefficient (Wildman–Crippen LogP) is 2.24. The number of carbonyl (C=O) groups excluding carboxylic acids is 2. The standard InChI is InChI=1S/C10H13IO3/c1-6(5-11)3-8-4-9(7(2)12)10(13)14-8/h5,8-9H,3-4H2,1-2H3/b6-5+/t8?,9-/m0/s1. The van der Waals surface area contributed by atoms with Gasteiger partial charge in [0.15, 0.2) is 0 Å². The molecule has 1 heterocycles. The SMILES string of the molecule is CC(=O)[C@@H]1CC(C/C(C)=C/I)OC1=O. The van der Waals surface area contributed by atoms with Crippen molar-refractivity contribution in [3.05, 3.63) is 9.66 Å². The van der Waals surface area contributed by atoms with Crippen molar-refractivity contribution in [3.8, 4) is 0 Å². The van der Waals surface area contributed by atoms with Gasteiger partial charge in [0.25, 0.3) is 0 Å². The van der Waals surface area contributed by atoms with Crippen LogP contribution in [0.3, 0.4) is 0 Å². The monoisotopic (exact) mass is 308 g/mol. The van der Waals surface area contributed by atoms with Crippen LogP contribution in [0.4, 0.5) is 0 Å². The second-order valence-corrected chi connectivity index (χ2v) is 4.24. The van der Waals surface area contributed by atoms with Crippen molar-refractivity contribution >= 4 is 34.3 Å². The number of halogens is 1. The maximum absolute atomic E-state index is 11.2. The molecule has 2 atom stereocenters. The number of esters is 1. The first-order valence-electron chi connectivity index (χ1n) is 4.51. The number of hydrogen-bond donors (Lipinski definition) is 0. The second-order valence-electron chi connectivity index (χ2n) is 3.62. The lowest BCUT2D eigenvalue weighted by molar-refractivity contribution is -0.146. The summed E-state index contributed by atoms with van der Waals surface area (Å²) in [4.78, 5) is 22.3. The van der Waals surface area contributed by atoms with Crippen LogP contribution in [0.15, 0.2) is 9.66 Å². The van der Waals surface area contributed by atoms with E-state index in [4.69, 9.17) is 4.74 Å². The molecule has 0 aromatic rings. The molecule has 1 unspecified atom stereocenters. The van der Waals surface area contributed by atoms with Crippen molar-refractivity contribution in [2.75, 3.05) is 0 Å². The van der Waals surface area contributed by atoms with Crippen molar-refractivity contribution in [2.45, 2.75) is 32.8 Å². The molecule has 0 aliphatic carbocycles. The fourth-order valence-electron chi connectivity index (χ4n) is 1.51. The van der Waals surface area contributed by atoms with Crippen molar-refractivity contribution in [2.24, 2.45) is 5.92 Å². The molecular formula is C10H13IO3. The number of ether oxygens (including phenoxy) is 1. The Balaban J connectivity index is 2.55. The van der Waals surface area contributed by atoms with Crippen LogP contribution in [0.5, 0.6) is 0 Å². The van der Waals surface area contributed by atoms with Gasteiger partial charge in [-0.3, -0.25) is 9.59 Å². The quantitative estimate of drug-likeness (QED) is 0.456. The Labute approximate surface area is 97.0 Å². The van der Waals surface area contributed by atoms with Gasteiger partial charge in [0.1, 0.15) is 17.8 Å². The summed E-state index contributed by atoms with van der Waals surface area (Å²) < 4.78 is 7.07.